The standard InChI is InChI=1S/C12H8F3NOS2.C10H8BrNS2.2CH4/c1-7-2-4-8(5-3-7)18-11-16-6-9(19-11)10(17)12(13,14)15;1-7-2-4-8(5-3-7)13-10-12-6-9(11)14-10;;/h2-6H,1H3;2-6H,1H3;2*1H4. The Balaban J connectivity index is 0.000000344. The molecule has 0 saturated carbocycles. The smallest absolute Gasteiger partial charge is 0.283 e. The second-order valence-electron chi connectivity index (χ2n) is 6.58. The van der Waals surface area contributed by atoms with E-state index in [2.05, 4.69) is 57.1 Å². The fraction of sp³-hybridized carbons (Fsp3) is 0.208. The summed E-state index contributed by atoms with van der Waals surface area (Å²) in [6.07, 6.45) is -2.05. The summed E-state index contributed by atoms with van der Waals surface area (Å²) in [4.78, 5) is 20.8. The minimum absolute atomic E-state index is 0. The highest BCUT2D eigenvalue weighted by molar-refractivity contribution is 9.11. The lowest BCUT2D eigenvalue weighted by Gasteiger charge is -2.00. The van der Waals surface area contributed by atoms with Crippen molar-refractivity contribution < 1.29 is 18.0 Å². The van der Waals surface area contributed by atoms with Crippen molar-refractivity contribution in [3.8, 4) is 0 Å². The van der Waals surface area contributed by atoms with E-state index in [4.69, 9.17) is 0 Å². The molecule has 0 saturated heterocycles. The van der Waals surface area contributed by atoms with Crippen LogP contribution in [-0.4, -0.2) is 21.9 Å². The molecule has 0 unspecified atom stereocenters. The van der Waals surface area contributed by atoms with Crippen LogP contribution in [0.1, 0.15) is 35.7 Å². The van der Waals surface area contributed by atoms with E-state index in [0.717, 1.165) is 36.1 Å². The third kappa shape index (κ3) is 10.1. The summed E-state index contributed by atoms with van der Waals surface area (Å²) in [5.41, 5.74) is 2.38. The van der Waals surface area contributed by atoms with Gasteiger partial charge in [-0.25, -0.2) is 9.97 Å². The van der Waals surface area contributed by atoms with Gasteiger partial charge in [-0.15, -0.1) is 22.7 Å². The molecule has 0 radical (unpaired) electrons. The van der Waals surface area contributed by atoms with Crippen molar-refractivity contribution in [2.75, 3.05) is 0 Å². The molecule has 35 heavy (non-hydrogen) atoms. The average molecular weight is 622 g/mol. The number of aryl methyl sites for hydroxylation is 2. The molecular weight excluding hydrogens is 597 g/mol. The van der Waals surface area contributed by atoms with Crippen molar-refractivity contribution in [1.29, 1.82) is 0 Å². The summed E-state index contributed by atoms with van der Waals surface area (Å²) in [5, 5.41) is 0. The molecule has 188 valence electrons. The van der Waals surface area contributed by atoms with Gasteiger partial charge in [0.1, 0.15) is 4.88 Å². The molecule has 0 amide bonds. The highest BCUT2D eigenvalue weighted by Crippen LogP contribution is 2.34. The van der Waals surface area contributed by atoms with Crippen molar-refractivity contribution in [2.45, 2.75) is 53.3 Å². The van der Waals surface area contributed by atoms with Crippen molar-refractivity contribution >= 4 is 67.9 Å². The van der Waals surface area contributed by atoms with E-state index in [1.54, 1.807) is 23.1 Å². The topological polar surface area (TPSA) is 42.9 Å². The molecule has 0 aliphatic rings. The summed E-state index contributed by atoms with van der Waals surface area (Å²) < 4.78 is 39.3. The van der Waals surface area contributed by atoms with Crippen LogP contribution >= 0.6 is 62.1 Å². The number of hydrogen-bond donors (Lipinski definition) is 0. The minimum Gasteiger partial charge on any atom is -0.283 e. The molecule has 0 N–H and O–H groups in total. The maximum Gasteiger partial charge on any atom is 0.455 e. The van der Waals surface area contributed by atoms with Gasteiger partial charge in [0.25, 0.3) is 5.78 Å². The Labute approximate surface area is 228 Å². The monoisotopic (exact) mass is 620 g/mol. The molecule has 2 aromatic carbocycles. The maximum absolute atomic E-state index is 12.2. The summed E-state index contributed by atoms with van der Waals surface area (Å²) >= 11 is 8.73. The Bertz CT molecular complexity index is 1210. The zero-order valence-electron chi connectivity index (χ0n) is 17.2. The zero-order valence-corrected chi connectivity index (χ0v) is 22.1. The van der Waals surface area contributed by atoms with E-state index < -0.39 is 12.0 Å². The lowest BCUT2D eigenvalue weighted by molar-refractivity contribution is -0.0882. The summed E-state index contributed by atoms with van der Waals surface area (Å²) in [7, 11) is 0. The molecule has 3 nitrogen and oxygen atoms in total. The van der Waals surface area contributed by atoms with Gasteiger partial charge in [0.2, 0.25) is 0 Å². The zero-order chi connectivity index (χ0) is 24.0. The van der Waals surface area contributed by atoms with Crippen LogP contribution in [0.15, 0.2) is 83.2 Å². The number of carbonyl (C=O) groups is 1. The van der Waals surface area contributed by atoms with E-state index in [1.807, 2.05) is 37.4 Å². The SMILES string of the molecule is C.C.Cc1ccc(Sc2ncc(Br)s2)cc1.Cc1ccc(Sc2ncc(C(=O)C(F)(F)F)s2)cc1. The number of carbonyl (C=O) groups excluding carboxylic acids is 1. The number of ketones is 1. The van der Waals surface area contributed by atoms with Crippen LogP contribution in [0.2, 0.25) is 0 Å². The van der Waals surface area contributed by atoms with Crippen LogP contribution in [-0.2, 0) is 0 Å². The number of thiazole rings is 2. The predicted octanol–water partition coefficient (Wildman–Crippen LogP) is 9.99. The largest absolute Gasteiger partial charge is 0.455 e. The predicted molar refractivity (Wildman–Crippen MR) is 146 cm³/mol. The highest BCUT2D eigenvalue weighted by atomic mass is 79.9. The van der Waals surface area contributed by atoms with Crippen molar-refractivity contribution in [3.63, 3.8) is 0 Å². The molecule has 2 heterocycles. The number of Topliss-reactive ketones (excluding diaryl/α,β-unsaturated/α-hetero) is 1. The van der Waals surface area contributed by atoms with Gasteiger partial charge in [0.05, 0.1) is 16.2 Å². The first-order chi connectivity index (χ1) is 15.6. The van der Waals surface area contributed by atoms with Gasteiger partial charge in [0, 0.05) is 9.79 Å². The van der Waals surface area contributed by atoms with Gasteiger partial charge < -0.3 is 0 Å². The average Bonchev–Trinajstić information content (AvgIpc) is 3.39. The van der Waals surface area contributed by atoms with Crippen molar-refractivity contribution in [3.05, 3.63) is 80.7 Å². The van der Waals surface area contributed by atoms with Gasteiger partial charge in [-0.1, -0.05) is 73.8 Å². The minimum atomic E-state index is -4.85. The highest BCUT2D eigenvalue weighted by Gasteiger charge is 2.40. The Hall–Kier alpha value is -1.66. The molecule has 4 rings (SSSR count). The van der Waals surface area contributed by atoms with Crippen LogP contribution in [0.5, 0.6) is 0 Å². The maximum atomic E-state index is 12.2. The van der Waals surface area contributed by atoms with Gasteiger partial charge in [-0.3, -0.25) is 4.79 Å². The molecule has 2 aromatic heterocycles. The summed E-state index contributed by atoms with van der Waals surface area (Å²) in [6.45, 7) is 4.03. The van der Waals surface area contributed by atoms with Gasteiger partial charge >= 0.3 is 6.18 Å². The second-order valence-corrected chi connectivity index (χ2v) is 12.7. The third-order valence-electron chi connectivity index (χ3n) is 3.87. The number of benzene rings is 2. The molecule has 0 aliphatic heterocycles. The molecule has 0 atom stereocenters. The Morgan fingerprint density at radius 2 is 1.23 bits per heavy atom. The number of nitrogens with zero attached hydrogens (tertiary/aromatic N) is 2. The van der Waals surface area contributed by atoms with E-state index in [-0.39, 0.29) is 19.7 Å². The van der Waals surface area contributed by atoms with E-state index >= 15 is 0 Å². The molecule has 0 spiro atoms. The van der Waals surface area contributed by atoms with Gasteiger partial charge in [-0.2, -0.15) is 13.2 Å². The quantitative estimate of drug-likeness (QED) is 0.208. The van der Waals surface area contributed by atoms with E-state index in [1.165, 1.54) is 22.2 Å². The molecule has 0 bridgehead atoms. The van der Waals surface area contributed by atoms with E-state index in [0.29, 0.717) is 4.34 Å². The normalized spacial score (nSPS) is 10.5. The summed E-state index contributed by atoms with van der Waals surface area (Å²) in [5.74, 6) is -1.85. The molecule has 4 aromatic rings. The number of aromatic nitrogens is 2. The van der Waals surface area contributed by atoms with Crippen LogP contribution in [0, 0.1) is 13.8 Å². The summed E-state index contributed by atoms with van der Waals surface area (Å²) in [6, 6.07) is 16.0. The second kappa shape index (κ2) is 14.2. The van der Waals surface area contributed by atoms with E-state index in [9.17, 15) is 18.0 Å². The first kappa shape index (κ1) is 31.4. The van der Waals surface area contributed by atoms with Crippen LogP contribution in [0.3, 0.4) is 0 Å². The lowest BCUT2D eigenvalue weighted by Crippen LogP contribution is -2.21. The van der Waals surface area contributed by atoms with Crippen molar-refractivity contribution in [2.24, 2.45) is 0 Å². The molecular formula is C24H24BrF3N2OS4. The number of rotatable bonds is 5. The van der Waals surface area contributed by atoms with Crippen LogP contribution < -0.4 is 0 Å². The Morgan fingerprint density at radius 3 is 1.63 bits per heavy atom. The molecule has 0 aliphatic carbocycles. The van der Waals surface area contributed by atoms with Crippen LogP contribution in [0.25, 0.3) is 0 Å². The lowest BCUT2D eigenvalue weighted by atomic mass is 10.2. The number of alkyl halides is 3. The first-order valence-electron chi connectivity index (χ1n) is 9.28. The van der Waals surface area contributed by atoms with Gasteiger partial charge in [0.15, 0.2) is 8.68 Å². The van der Waals surface area contributed by atoms with Crippen LogP contribution in [0.4, 0.5) is 13.2 Å². The van der Waals surface area contributed by atoms with Crippen molar-refractivity contribution in [1.82, 2.24) is 9.97 Å². The van der Waals surface area contributed by atoms with Gasteiger partial charge in [-0.05, 0) is 54.0 Å². The molecule has 11 heteroatoms. The third-order valence-corrected chi connectivity index (χ3v) is 8.51. The number of hydrogen-bond acceptors (Lipinski definition) is 7. The first-order valence-corrected chi connectivity index (χ1v) is 13.3. The number of halogens is 4. The fourth-order valence-corrected chi connectivity index (χ4v) is 6.73. The Morgan fingerprint density at radius 1 is 0.800 bits per heavy atom. The molecule has 0 fully saturated rings. The fourth-order valence-electron chi connectivity index (χ4n) is 2.25. The Kier molecular flexibility index (Phi) is 12.7.